The van der Waals surface area contributed by atoms with Crippen molar-refractivity contribution in [1.29, 1.82) is 0 Å². The zero-order chi connectivity index (χ0) is 20.3. The van der Waals surface area contributed by atoms with E-state index in [-0.39, 0.29) is 17.0 Å². The van der Waals surface area contributed by atoms with E-state index in [4.69, 9.17) is 0 Å². The highest BCUT2D eigenvalue weighted by atomic mass is 32.2. The smallest absolute Gasteiger partial charge is 0.257 e. The van der Waals surface area contributed by atoms with Crippen LogP contribution in [-0.2, 0) is 16.6 Å². The SMILES string of the molecule is O=C(Nc1nc(-c2cccs2)cs1)c1cccc(S(=O)(=O)NCc2cccs2)c1. The van der Waals surface area contributed by atoms with Crippen molar-refractivity contribution in [3.63, 3.8) is 0 Å². The number of carbonyl (C=O) groups is 1. The number of hydrogen-bond donors (Lipinski definition) is 2. The van der Waals surface area contributed by atoms with Crippen molar-refractivity contribution in [1.82, 2.24) is 9.71 Å². The molecule has 0 aliphatic carbocycles. The van der Waals surface area contributed by atoms with Gasteiger partial charge in [-0.05, 0) is 41.1 Å². The fraction of sp³-hybridized carbons (Fsp3) is 0.0526. The van der Waals surface area contributed by atoms with Gasteiger partial charge in [-0.25, -0.2) is 18.1 Å². The number of hydrogen-bond acceptors (Lipinski definition) is 7. The number of amides is 1. The van der Waals surface area contributed by atoms with Crippen LogP contribution in [0.15, 0.2) is 69.6 Å². The maximum absolute atomic E-state index is 12.6. The maximum atomic E-state index is 12.6. The van der Waals surface area contributed by atoms with Gasteiger partial charge >= 0.3 is 0 Å². The average Bonchev–Trinajstić information content (AvgIpc) is 3.48. The van der Waals surface area contributed by atoms with Crippen LogP contribution in [0.1, 0.15) is 15.2 Å². The van der Waals surface area contributed by atoms with Crippen LogP contribution in [0.4, 0.5) is 5.13 Å². The van der Waals surface area contributed by atoms with Crippen LogP contribution in [0, 0.1) is 0 Å². The van der Waals surface area contributed by atoms with Gasteiger partial charge in [0.1, 0.15) is 0 Å². The second kappa shape index (κ2) is 8.56. The summed E-state index contributed by atoms with van der Waals surface area (Å²) in [6.45, 7) is 0.209. The summed E-state index contributed by atoms with van der Waals surface area (Å²) in [4.78, 5) is 19.0. The van der Waals surface area contributed by atoms with Gasteiger partial charge in [0.05, 0.1) is 15.5 Å². The molecule has 4 aromatic rings. The number of nitrogens with one attached hydrogen (secondary N) is 2. The molecule has 148 valence electrons. The highest BCUT2D eigenvalue weighted by Crippen LogP contribution is 2.28. The fourth-order valence-electron chi connectivity index (χ4n) is 2.51. The van der Waals surface area contributed by atoms with Gasteiger partial charge in [0.25, 0.3) is 5.91 Å². The van der Waals surface area contributed by atoms with E-state index >= 15 is 0 Å². The number of thiophene rings is 2. The highest BCUT2D eigenvalue weighted by molar-refractivity contribution is 7.89. The van der Waals surface area contributed by atoms with E-state index in [1.807, 2.05) is 40.4 Å². The molecule has 0 unspecified atom stereocenters. The first-order chi connectivity index (χ1) is 14.0. The number of carbonyl (C=O) groups excluding carboxylic acids is 1. The van der Waals surface area contributed by atoms with Crippen LogP contribution in [0.25, 0.3) is 10.6 Å². The molecule has 1 amide bonds. The lowest BCUT2D eigenvalue weighted by Gasteiger charge is -2.08. The molecule has 0 saturated heterocycles. The third-order valence-electron chi connectivity index (χ3n) is 3.92. The number of thiazole rings is 1. The molecule has 0 aliphatic heterocycles. The number of benzene rings is 1. The highest BCUT2D eigenvalue weighted by Gasteiger charge is 2.17. The second-order valence-corrected chi connectivity index (χ2v) is 10.5. The standard InChI is InChI=1S/C19H15N3O3S4/c23-18(22-19-21-16(12-28-19)17-7-3-9-27-17)13-4-1-6-15(10-13)29(24,25)20-11-14-5-2-8-26-14/h1-10,12,20H,11H2,(H,21,22,23). The van der Waals surface area contributed by atoms with Crippen molar-refractivity contribution in [3.05, 3.63) is 75.1 Å². The molecule has 6 nitrogen and oxygen atoms in total. The Morgan fingerprint density at radius 2 is 1.83 bits per heavy atom. The Labute approximate surface area is 179 Å². The Kier molecular flexibility index (Phi) is 5.88. The minimum atomic E-state index is -3.73. The number of anilines is 1. The van der Waals surface area contributed by atoms with Crippen molar-refractivity contribution in [2.24, 2.45) is 0 Å². The summed E-state index contributed by atoms with van der Waals surface area (Å²) in [5.74, 6) is -0.410. The molecule has 0 bridgehead atoms. The normalized spacial score (nSPS) is 11.4. The Bertz CT molecular complexity index is 1210. The number of nitrogens with zero attached hydrogens (tertiary/aromatic N) is 1. The fourth-order valence-corrected chi connectivity index (χ4v) is 5.76. The van der Waals surface area contributed by atoms with Gasteiger partial charge in [0, 0.05) is 22.4 Å². The summed E-state index contributed by atoms with van der Waals surface area (Å²) >= 11 is 4.37. The molecule has 4 rings (SSSR count). The summed E-state index contributed by atoms with van der Waals surface area (Å²) in [6.07, 6.45) is 0. The van der Waals surface area contributed by atoms with Crippen molar-refractivity contribution >= 4 is 55.1 Å². The lowest BCUT2D eigenvalue weighted by Crippen LogP contribution is -2.23. The molecular formula is C19H15N3O3S4. The summed E-state index contributed by atoms with van der Waals surface area (Å²) in [5.41, 5.74) is 1.05. The van der Waals surface area contributed by atoms with Crippen molar-refractivity contribution in [2.75, 3.05) is 5.32 Å². The molecule has 0 spiro atoms. The molecule has 3 aromatic heterocycles. The van der Waals surface area contributed by atoms with Crippen LogP contribution in [-0.4, -0.2) is 19.3 Å². The van der Waals surface area contributed by atoms with Gasteiger partial charge in [-0.15, -0.1) is 34.0 Å². The monoisotopic (exact) mass is 461 g/mol. The number of aromatic nitrogens is 1. The Balaban J connectivity index is 1.47. The molecule has 0 atom stereocenters. The summed E-state index contributed by atoms with van der Waals surface area (Å²) in [6, 6.07) is 13.6. The number of sulfonamides is 1. The van der Waals surface area contributed by atoms with E-state index in [0.717, 1.165) is 15.4 Å². The van der Waals surface area contributed by atoms with Gasteiger partial charge in [-0.1, -0.05) is 18.2 Å². The molecule has 10 heteroatoms. The lowest BCUT2D eigenvalue weighted by atomic mass is 10.2. The van der Waals surface area contributed by atoms with E-state index in [1.165, 1.54) is 34.8 Å². The molecule has 3 heterocycles. The zero-order valence-corrected chi connectivity index (χ0v) is 18.1. The van der Waals surface area contributed by atoms with Crippen molar-refractivity contribution < 1.29 is 13.2 Å². The third-order valence-corrected chi connectivity index (χ3v) is 7.85. The van der Waals surface area contributed by atoms with Gasteiger partial charge in [0.15, 0.2) is 5.13 Å². The van der Waals surface area contributed by atoms with Crippen LogP contribution in [0.5, 0.6) is 0 Å². The summed E-state index contributed by atoms with van der Waals surface area (Å²) in [5, 5.41) is 8.92. The van der Waals surface area contributed by atoms with Crippen LogP contribution >= 0.6 is 34.0 Å². The predicted octanol–water partition coefficient (Wildman–Crippen LogP) is 4.66. The lowest BCUT2D eigenvalue weighted by molar-refractivity contribution is 0.102. The van der Waals surface area contributed by atoms with Crippen LogP contribution < -0.4 is 10.0 Å². The summed E-state index contributed by atoms with van der Waals surface area (Å²) in [7, 11) is -3.73. The first kappa shape index (κ1) is 19.9. The van der Waals surface area contributed by atoms with Gasteiger partial charge in [0.2, 0.25) is 10.0 Å². The Morgan fingerprint density at radius 3 is 2.59 bits per heavy atom. The van der Waals surface area contributed by atoms with Gasteiger partial charge in [-0.3, -0.25) is 10.1 Å². The first-order valence-corrected chi connectivity index (χ1v) is 12.6. The Morgan fingerprint density at radius 1 is 1.00 bits per heavy atom. The molecule has 0 aliphatic rings. The largest absolute Gasteiger partial charge is 0.298 e. The minimum absolute atomic E-state index is 0.0418. The predicted molar refractivity (Wildman–Crippen MR) is 118 cm³/mol. The molecule has 0 fully saturated rings. The molecule has 0 saturated carbocycles. The minimum Gasteiger partial charge on any atom is -0.298 e. The second-order valence-electron chi connectivity index (χ2n) is 5.90. The van der Waals surface area contributed by atoms with Crippen LogP contribution in [0.2, 0.25) is 0 Å². The number of rotatable bonds is 7. The van der Waals surface area contributed by atoms with Crippen LogP contribution in [0.3, 0.4) is 0 Å². The van der Waals surface area contributed by atoms with E-state index < -0.39 is 15.9 Å². The van der Waals surface area contributed by atoms with E-state index in [9.17, 15) is 13.2 Å². The van der Waals surface area contributed by atoms with E-state index in [1.54, 1.807) is 23.5 Å². The molecule has 1 aromatic carbocycles. The average molecular weight is 462 g/mol. The van der Waals surface area contributed by atoms with E-state index in [0.29, 0.717) is 5.13 Å². The van der Waals surface area contributed by atoms with Gasteiger partial charge < -0.3 is 0 Å². The van der Waals surface area contributed by atoms with Crippen molar-refractivity contribution in [3.8, 4) is 10.6 Å². The molecule has 0 radical (unpaired) electrons. The van der Waals surface area contributed by atoms with Gasteiger partial charge in [-0.2, -0.15) is 0 Å². The third kappa shape index (κ3) is 4.80. The summed E-state index contributed by atoms with van der Waals surface area (Å²) < 4.78 is 27.7. The Hall–Kier alpha value is -2.37. The molecule has 29 heavy (non-hydrogen) atoms. The molecular weight excluding hydrogens is 446 g/mol. The molecule has 2 N–H and O–H groups in total. The topological polar surface area (TPSA) is 88.2 Å². The maximum Gasteiger partial charge on any atom is 0.257 e. The van der Waals surface area contributed by atoms with E-state index in [2.05, 4.69) is 15.0 Å². The quantitative estimate of drug-likeness (QED) is 0.419. The van der Waals surface area contributed by atoms with Crippen molar-refractivity contribution in [2.45, 2.75) is 11.4 Å². The zero-order valence-electron chi connectivity index (χ0n) is 14.9. The first-order valence-electron chi connectivity index (χ1n) is 8.44.